The summed E-state index contributed by atoms with van der Waals surface area (Å²) in [5.74, 6) is 0.972. The van der Waals surface area contributed by atoms with Gasteiger partial charge in [-0.15, -0.1) is 0 Å². The SMILES string of the molecule is C[C@H](N)CCNCc1ccco1. The van der Waals surface area contributed by atoms with Gasteiger partial charge in [0.1, 0.15) is 5.76 Å². The molecule has 0 spiro atoms. The zero-order chi connectivity index (χ0) is 8.81. The molecule has 0 aromatic carbocycles. The van der Waals surface area contributed by atoms with Gasteiger partial charge in [-0.05, 0) is 32.0 Å². The predicted molar refractivity (Wildman–Crippen MR) is 48.7 cm³/mol. The molecular weight excluding hydrogens is 152 g/mol. The highest BCUT2D eigenvalue weighted by atomic mass is 16.3. The summed E-state index contributed by atoms with van der Waals surface area (Å²) in [7, 11) is 0. The molecule has 3 nitrogen and oxygen atoms in total. The normalized spacial score (nSPS) is 13.2. The monoisotopic (exact) mass is 168 g/mol. The number of nitrogens with one attached hydrogen (secondary N) is 1. The third-order valence-corrected chi connectivity index (χ3v) is 1.66. The van der Waals surface area contributed by atoms with Crippen molar-refractivity contribution >= 4 is 0 Å². The molecule has 1 heterocycles. The lowest BCUT2D eigenvalue weighted by atomic mass is 10.2. The van der Waals surface area contributed by atoms with Crippen LogP contribution in [0.5, 0.6) is 0 Å². The summed E-state index contributed by atoms with van der Waals surface area (Å²) in [6.45, 7) is 3.74. The van der Waals surface area contributed by atoms with Crippen molar-refractivity contribution in [2.75, 3.05) is 6.54 Å². The second-order valence-electron chi connectivity index (χ2n) is 3.02. The molecule has 0 saturated carbocycles. The van der Waals surface area contributed by atoms with E-state index >= 15 is 0 Å². The fraction of sp³-hybridized carbons (Fsp3) is 0.556. The van der Waals surface area contributed by atoms with E-state index in [2.05, 4.69) is 5.32 Å². The summed E-state index contributed by atoms with van der Waals surface area (Å²) in [6.07, 6.45) is 2.68. The highest BCUT2D eigenvalue weighted by Crippen LogP contribution is 1.98. The molecule has 3 heteroatoms. The van der Waals surface area contributed by atoms with Crippen LogP contribution < -0.4 is 11.1 Å². The van der Waals surface area contributed by atoms with Crippen molar-refractivity contribution in [3.8, 4) is 0 Å². The summed E-state index contributed by atoms with van der Waals surface area (Å²) in [6, 6.07) is 4.12. The molecule has 0 amide bonds. The molecule has 3 N–H and O–H groups in total. The summed E-state index contributed by atoms with van der Waals surface area (Å²) in [4.78, 5) is 0. The third kappa shape index (κ3) is 3.55. The van der Waals surface area contributed by atoms with E-state index in [0.717, 1.165) is 25.3 Å². The molecule has 0 bridgehead atoms. The Kier molecular flexibility index (Phi) is 3.84. The average molecular weight is 168 g/mol. The maximum atomic E-state index is 5.59. The standard InChI is InChI=1S/C9H16N2O/c1-8(10)4-5-11-7-9-3-2-6-12-9/h2-3,6,8,11H,4-5,7,10H2,1H3/t8-/m0/s1. The first-order valence-corrected chi connectivity index (χ1v) is 4.27. The first-order chi connectivity index (χ1) is 5.79. The minimum Gasteiger partial charge on any atom is -0.468 e. The number of furan rings is 1. The van der Waals surface area contributed by atoms with Gasteiger partial charge in [0.25, 0.3) is 0 Å². The Morgan fingerprint density at radius 1 is 1.67 bits per heavy atom. The van der Waals surface area contributed by atoms with E-state index in [4.69, 9.17) is 10.2 Å². The van der Waals surface area contributed by atoms with Gasteiger partial charge in [-0.1, -0.05) is 0 Å². The van der Waals surface area contributed by atoms with Crippen molar-refractivity contribution in [1.29, 1.82) is 0 Å². The smallest absolute Gasteiger partial charge is 0.117 e. The molecular formula is C9H16N2O. The van der Waals surface area contributed by atoms with E-state index in [1.54, 1.807) is 6.26 Å². The Labute approximate surface area is 72.9 Å². The van der Waals surface area contributed by atoms with Crippen LogP contribution in [0.1, 0.15) is 19.1 Å². The van der Waals surface area contributed by atoms with Gasteiger partial charge in [0.15, 0.2) is 0 Å². The molecule has 0 saturated heterocycles. The van der Waals surface area contributed by atoms with Crippen LogP contribution in [0.4, 0.5) is 0 Å². The van der Waals surface area contributed by atoms with Gasteiger partial charge in [0, 0.05) is 6.04 Å². The number of hydrogen-bond acceptors (Lipinski definition) is 3. The molecule has 0 unspecified atom stereocenters. The Morgan fingerprint density at radius 2 is 2.50 bits per heavy atom. The zero-order valence-corrected chi connectivity index (χ0v) is 7.42. The van der Waals surface area contributed by atoms with Crippen molar-refractivity contribution in [1.82, 2.24) is 5.32 Å². The van der Waals surface area contributed by atoms with Crippen molar-refractivity contribution in [3.05, 3.63) is 24.2 Å². The van der Waals surface area contributed by atoms with Gasteiger partial charge in [-0.3, -0.25) is 0 Å². The summed E-state index contributed by atoms with van der Waals surface area (Å²) in [5, 5.41) is 3.25. The second-order valence-corrected chi connectivity index (χ2v) is 3.02. The van der Waals surface area contributed by atoms with Crippen molar-refractivity contribution in [2.45, 2.75) is 25.9 Å². The Hall–Kier alpha value is -0.800. The molecule has 1 aromatic heterocycles. The largest absolute Gasteiger partial charge is 0.468 e. The predicted octanol–water partition coefficient (Wildman–Crippen LogP) is 1.11. The fourth-order valence-corrected chi connectivity index (χ4v) is 0.954. The van der Waals surface area contributed by atoms with E-state index in [0.29, 0.717) is 0 Å². The van der Waals surface area contributed by atoms with Gasteiger partial charge in [-0.25, -0.2) is 0 Å². The fourth-order valence-electron chi connectivity index (χ4n) is 0.954. The lowest BCUT2D eigenvalue weighted by Crippen LogP contribution is -2.23. The minimum absolute atomic E-state index is 0.272. The first kappa shape index (κ1) is 9.29. The summed E-state index contributed by atoms with van der Waals surface area (Å²) in [5.41, 5.74) is 5.59. The van der Waals surface area contributed by atoms with Crippen LogP contribution in [0.3, 0.4) is 0 Å². The summed E-state index contributed by atoms with van der Waals surface area (Å²) < 4.78 is 5.15. The van der Waals surface area contributed by atoms with E-state index in [9.17, 15) is 0 Å². The van der Waals surface area contributed by atoms with Crippen LogP contribution in [0.2, 0.25) is 0 Å². The number of rotatable bonds is 5. The lowest BCUT2D eigenvalue weighted by Gasteiger charge is -2.04. The molecule has 0 fully saturated rings. The maximum absolute atomic E-state index is 5.59. The van der Waals surface area contributed by atoms with Crippen LogP contribution in [0, 0.1) is 0 Å². The van der Waals surface area contributed by atoms with E-state index in [-0.39, 0.29) is 6.04 Å². The van der Waals surface area contributed by atoms with Crippen LogP contribution in [-0.4, -0.2) is 12.6 Å². The Balaban J connectivity index is 2.04. The van der Waals surface area contributed by atoms with Crippen LogP contribution in [0.15, 0.2) is 22.8 Å². The molecule has 1 rings (SSSR count). The number of hydrogen-bond donors (Lipinski definition) is 2. The van der Waals surface area contributed by atoms with Crippen molar-refractivity contribution in [3.63, 3.8) is 0 Å². The van der Waals surface area contributed by atoms with E-state index < -0.39 is 0 Å². The highest BCUT2D eigenvalue weighted by Gasteiger charge is 1.95. The maximum Gasteiger partial charge on any atom is 0.117 e. The molecule has 1 aromatic rings. The Bertz CT molecular complexity index is 194. The van der Waals surface area contributed by atoms with Crippen molar-refractivity contribution < 1.29 is 4.42 Å². The third-order valence-electron chi connectivity index (χ3n) is 1.66. The molecule has 1 atom stereocenters. The molecule has 12 heavy (non-hydrogen) atoms. The van der Waals surface area contributed by atoms with Crippen LogP contribution in [-0.2, 0) is 6.54 Å². The number of nitrogens with two attached hydrogens (primary N) is 1. The Morgan fingerprint density at radius 3 is 3.08 bits per heavy atom. The van der Waals surface area contributed by atoms with Crippen LogP contribution >= 0.6 is 0 Å². The van der Waals surface area contributed by atoms with Gasteiger partial charge < -0.3 is 15.5 Å². The molecule has 0 aliphatic rings. The molecule has 0 radical (unpaired) electrons. The topological polar surface area (TPSA) is 51.2 Å². The van der Waals surface area contributed by atoms with Crippen molar-refractivity contribution in [2.24, 2.45) is 5.73 Å². The minimum atomic E-state index is 0.272. The lowest BCUT2D eigenvalue weighted by molar-refractivity contribution is 0.476. The molecule has 0 aliphatic carbocycles. The zero-order valence-electron chi connectivity index (χ0n) is 7.42. The second kappa shape index (κ2) is 4.95. The quantitative estimate of drug-likeness (QED) is 0.647. The highest BCUT2D eigenvalue weighted by molar-refractivity contribution is 4.97. The van der Waals surface area contributed by atoms with Gasteiger partial charge in [0.2, 0.25) is 0 Å². The van der Waals surface area contributed by atoms with Gasteiger partial charge >= 0.3 is 0 Å². The molecule has 68 valence electrons. The van der Waals surface area contributed by atoms with Gasteiger partial charge in [-0.2, -0.15) is 0 Å². The average Bonchev–Trinajstić information content (AvgIpc) is 2.49. The van der Waals surface area contributed by atoms with E-state index in [1.165, 1.54) is 0 Å². The van der Waals surface area contributed by atoms with Gasteiger partial charge in [0.05, 0.1) is 12.8 Å². The summed E-state index contributed by atoms with van der Waals surface area (Å²) >= 11 is 0. The van der Waals surface area contributed by atoms with E-state index in [1.807, 2.05) is 19.1 Å². The molecule has 0 aliphatic heterocycles. The van der Waals surface area contributed by atoms with Crippen LogP contribution in [0.25, 0.3) is 0 Å². The first-order valence-electron chi connectivity index (χ1n) is 4.27.